The van der Waals surface area contributed by atoms with E-state index in [4.69, 9.17) is 4.42 Å². The van der Waals surface area contributed by atoms with E-state index in [0.29, 0.717) is 0 Å². The molecule has 0 saturated carbocycles. The highest BCUT2D eigenvalue weighted by Gasteiger charge is 2.30. The fraction of sp³-hybridized carbons (Fsp3) is 0.118. The minimum absolute atomic E-state index is 0.00319. The van der Waals surface area contributed by atoms with Gasteiger partial charge in [-0.2, -0.15) is 13.2 Å². The number of nitrogens with one attached hydrogen (secondary N) is 1. The standard InChI is InChI=1S/C17H11F3N4O4S/c18-17(19,20)10-4-3-5-11(8-10)21-14(25)9-29-16-23-22-15(28-16)12-6-1-2-7-13(12)24(26)27/h1-8H,9H2,(H,21,25). The summed E-state index contributed by atoms with van der Waals surface area (Å²) in [6.45, 7) is 0. The van der Waals surface area contributed by atoms with Crippen molar-refractivity contribution in [1.82, 2.24) is 10.2 Å². The molecule has 150 valence electrons. The lowest BCUT2D eigenvalue weighted by Gasteiger charge is -2.09. The monoisotopic (exact) mass is 424 g/mol. The van der Waals surface area contributed by atoms with Crippen molar-refractivity contribution < 1.29 is 27.3 Å². The molecule has 1 heterocycles. The third-order valence-electron chi connectivity index (χ3n) is 3.54. The average molecular weight is 424 g/mol. The van der Waals surface area contributed by atoms with Crippen molar-refractivity contribution in [3.8, 4) is 11.5 Å². The lowest BCUT2D eigenvalue weighted by atomic mass is 10.2. The molecule has 12 heteroatoms. The van der Waals surface area contributed by atoms with Crippen LogP contribution in [0.1, 0.15) is 5.56 Å². The molecule has 29 heavy (non-hydrogen) atoms. The molecule has 0 aliphatic carbocycles. The minimum Gasteiger partial charge on any atom is -0.411 e. The van der Waals surface area contributed by atoms with E-state index in [1.807, 2.05) is 0 Å². The molecule has 3 rings (SSSR count). The molecule has 8 nitrogen and oxygen atoms in total. The summed E-state index contributed by atoms with van der Waals surface area (Å²) in [4.78, 5) is 22.4. The predicted octanol–water partition coefficient (Wildman–Crippen LogP) is 4.39. The Morgan fingerprint density at radius 2 is 1.93 bits per heavy atom. The number of rotatable bonds is 6. The first-order valence-electron chi connectivity index (χ1n) is 7.91. The third-order valence-corrected chi connectivity index (χ3v) is 4.36. The number of nitro benzene ring substituents is 1. The van der Waals surface area contributed by atoms with E-state index in [9.17, 15) is 28.1 Å². The number of nitrogens with zero attached hydrogens (tertiary/aromatic N) is 3. The van der Waals surface area contributed by atoms with Crippen molar-refractivity contribution in [2.45, 2.75) is 11.4 Å². The molecule has 0 fully saturated rings. The molecule has 0 atom stereocenters. The van der Waals surface area contributed by atoms with Gasteiger partial charge in [-0.25, -0.2) is 0 Å². The van der Waals surface area contributed by atoms with Gasteiger partial charge in [0, 0.05) is 11.8 Å². The largest absolute Gasteiger partial charge is 0.416 e. The van der Waals surface area contributed by atoms with Crippen molar-refractivity contribution in [3.05, 3.63) is 64.2 Å². The van der Waals surface area contributed by atoms with E-state index in [-0.39, 0.29) is 33.8 Å². The highest BCUT2D eigenvalue weighted by Crippen LogP contribution is 2.31. The number of carbonyl (C=O) groups is 1. The van der Waals surface area contributed by atoms with Crippen LogP contribution in [0.4, 0.5) is 24.5 Å². The van der Waals surface area contributed by atoms with Gasteiger partial charge < -0.3 is 9.73 Å². The Hall–Kier alpha value is -3.41. The number of aromatic nitrogens is 2. The van der Waals surface area contributed by atoms with Gasteiger partial charge in [0.15, 0.2) is 0 Å². The van der Waals surface area contributed by atoms with Crippen LogP contribution in [0, 0.1) is 10.1 Å². The molecule has 3 aromatic rings. The summed E-state index contributed by atoms with van der Waals surface area (Å²) in [6, 6.07) is 10.0. The molecule has 2 aromatic carbocycles. The maximum Gasteiger partial charge on any atom is 0.416 e. The summed E-state index contributed by atoms with van der Waals surface area (Å²) in [7, 11) is 0. The second-order valence-corrected chi connectivity index (χ2v) is 6.49. The van der Waals surface area contributed by atoms with Crippen LogP contribution in [0.15, 0.2) is 58.2 Å². The van der Waals surface area contributed by atoms with Gasteiger partial charge in [0.05, 0.1) is 16.2 Å². The molecule has 0 radical (unpaired) electrons. The van der Waals surface area contributed by atoms with Crippen LogP contribution >= 0.6 is 11.8 Å². The Morgan fingerprint density at radius 3 is 2.66 bits per heavy atom. The van der Waals surface area contributed by atoms with Crippen LogP contribution in [0.25, 0.3) is 11.5 Å². The maximum atomic E-state index is 12.7. The number of hydrogen-bond acceptors (Lipinski definition) is 7. The zero-order chi connectivity index (χ0) is 21.0. The molecule has 0 spiro atoms. The van der Waals surface area contributed by atoms with Crippen LogP contribution < -0.4 is 5.32 Å². The molecule has 1 aromatic heterocycles. The number of benzene rings is 2. The fourth-order valence-corrected chi connectivity index (χ4v) is 2.85. The quantitative estimate of drug-likeness (QED) is 0.355. The number of alkyl halides is 3. The molecule has 0 saturated heterocycles. The Morgan fingerprint density at radius 1 is 1.17 bits per heavy atom. The molecule has 1 amide bonds. The average Bonchev–Trinajstić information content (AvgIpc) is 3.15. The van der Waals surface area contributed by atoms with Crippen molar-refractivity contribution in [2.24, 2.45) is 0 Å². The molecule has 0 aliphatic rings. The topological polar surface area (TPSA) is 111 Å². The highest BCUT2D eigenvalue weighted by molar-refractivity contribution is 7.99. The van der Waals surface area contributed by atoms with E-state index in [0.717, 1.165) is 23.9 Å². The summed E-state index contributed by atoms with van der Waals surface area (Å²) >= 11 is 0.843. The molecular weight excluding hydrogens is 413 g/mol. The highest BCUT2D eigenvalue weighted by atomic mass is 32.2. The zero-order valence-corrected chi connectivity index (χ0v) is 15.2. The Labute approximate surface area is 165 Å². The first-order valence-corrected chi connectivity index (χ1v) is 8.90. The van der Waals surface area contributed by atoms with Gasteiger partial charge in [0.1, 0.15) is 5.56 Å². The van der Waals surface area contributed by atoms with E-state index in [1.165, 1.54) is 30.3 Å². The molecule has 1 N–H and O–H groups in total. The molecule has 0 unspecified atom stereocenters. The number of thioether (sulfide) groups is 1. The SMILES string of the molecule is O=C(CSc1nnc(-c2ccccc2[N+](=O)[O-])o1)Nc1cccc(C(F)(F)F)c1. The lowest BCUT2D eigenvalue weighted by Crippen LogP contribution is -2.15. The molecule has 0 aliphatic heterocycles. The van der Waals surface area contributed by atoms with Gasteiger partial charge in [0.25, 0.3) is 16.8 Å². The number of para-hydroxylation sites is 1. The summed E-state index contributed by atoms with van der Waals surface area (Å²) < 4.78 is 43.5. The van der Waals surface area contributed by atoms with E-state index in [1.54, 1.807) is 6.07 Å². The van der Waals surface area contributed by atoms with Crippen molar-refractivity contribution >= 4 is 29.0 Å². The minimum atomic E-state index is -4.52. The van der Waals surface area contributed by atoms with Gasteiger partial charge in [-0.1, -0.05) is 30.0 Å². The Bertz CT molecular complexity index is 1050. The van der Waals surface area contributed by atoms with E-state index < -0.39 is 22.6 Å². The van der Waals surface area contributed by atoms with Gasteiger partial charge in [-0.3, -0.25) is 14.9 Å². The summed E-state index contributed by atoms with van der Waals surface area (Å²) in [5.41, 5.74) is -0.967. The first-order chi connectivity index (χ1) is 13.7. The second-order valence-electron chi connectivity index (χ2n) is 5.56. The maximum absolute atomic E-state index is 12.7. The van der Waals surface area contributed by atoms with Crippen molar-refractivity contribution in [3.63, 3.8) is 0 Å². The lowest BCUT2D eigenvalue weighted by molar-refractivity contribution is -0.384. The summed E-state index contributed by atoms with van der Waals surface area (Å²) in [5.74, 6) is -0.882. The number of nitro groups is 1. The van der Waals surface area contributed by atoms with Crippen LogP contribution in [0.3, 0.4) is 0 Å². The number of halogens is 3. The zero-order valence-electron chi connectivity index (χ0n) is 14.3. The summed E-state index contributed by atoms with van der Waals surface area (Å²) in [6.07, 6.45) is -4.52. The summed E-state index contributed by atoms with van der Waals surface area (Å²) in [5, 5.41) is 20.8. The Kier molecular flexibility index (Phi) is 5.82. The van der Waals surface area contributed by atoms with Crippen molar-refractivity contribution in [1.29, 1.82) is 0 Å². The molecular formula is C17H11F3N4O4S. The van der Waals surface area contributed by atoms with E-state index in [2.05, 4.69) is 15.5 Å². The Balaban J connectivity index is 1.63. The van der Waals surface area contributed by atoms with Crippen LogP contribution in [0.2, 0.25) is 0 Å². The van der Waals surface area contributed by atoms with Gasteiger partial charge >= 0.3 is 6.18 Å². The first kappa shape index (κ1) is 20.3. The third kappa shape index (κ3) is 5.10. The normalized spacial score (nSPS) is 11.3. The number of anilines is 1. The van der Waals surface area contributed by atoms with E-state index >= 15 is 0 Å². The number of hydrogen-bond donors (Lipinski definition) is 1. The van der Waals surface area contributed by atoms with Gasteiger partial charge in [0.2, 0.25) is 5.91 Å². The van der Waals surface area contributed by atoms with Crippen LogP contribution in [-0.2, 0) is 11.0 Å². The smallest absolute Gasteiger partial charge is 0.411 e. The van der Waals surface area contributed by atoms with Crippen LogP contribution in [-0.4, -0.2) is 26.8 Å². The second kappa shape index (κ2) is 8.31. The predicted molar refractivity (Wildman–Crippen MR) is 97.2 cm³/mol. The van der Waals surface area contributed by atoms with Gasteiger partial charge in [-0.15, -0.1) is 10.2 Å². The molecule has 0 bridgehead atoms. The number of carbonyl (C=O) groups excluding carboxylic acids is 1. The van der Waals surface area contributed by atoms with Crippen molar-refractivity contribution in [2.75, 3.05) is 11.1 Å². The fourth-order valence-electron chi connectivity index (χ4n) is 2.29. The number of amides is 1. The van der Waals surface area contributed by atoms with Crippen LogP contribution in [0.5, 0.6) is 0 Å². The van der Waals surface area contributed by atoms with Gasteiger partial charge in [-0.05, 0) is 24.3 Å².